The van der Waals surface area contributed by atoms with Gasteiger partial charge in [0.2, 0.25) is 0 Å². The van der Waals surface area contributed by atoms with Crippen LogP contribution in [0.25, 0.3) is 0 Å². The van der Waals surface area contributed by atoms with Gasteiger partial charge in [-0.3, -0.25) is 0 Å². The van der Waals surface area contributed by atoms with Crippen LogP contribution in [0.15, 0.2) is 24.3 Å². The highest BCUT2D eigenvalue weighted by atomic mass is 32.2. The molecule has 4 nitrogen and oxygen atoms in total. The first kappa shape index (κ1) is 21.8. The lowest BCUT2D eigenvalue weighted by Crippen LogP contribution is -2.45. The zero-order chi connectivity index (χ0) is 19.6. The summed E-state index contributed by atoms with van der Waals surface area (Å²) in [6.07, 6.45) is -4.63. The van der Waals surface area contributed by atoms with Crippen LogP contribution in [0, 0.1) is 0 Å². The van der Waals surface area contributed by atoms with Crippen molar-refractivity contribution >= 4 is 17.3 Å². The maximum atomic E-state index is 13.3. The molecule has 0 saturated carbocycles. The molecule has 0 spiro atoms. The summed E-state index contributed by atoms with van der Waals surface area (Å²) in [5.74, 6) is -0.617. The average Bonchev–Trinajstić information content (AvgIpc) is 2.40. The minimum absolute atomic E-state index is 0.127. The van der Waals surface area contributed by atoms with Gasteiger partial charge >= 0.3 is 12.1 Å². The number of esters is 1. The second-order valence-electron chi connectivity index (χ2n) is 7.60. The molecular formula is C17H24F3NO3S. The lowest BCUT2D eigenvalue weighted by molar-refractivity contribution is -0.153. The molecule has 0 aliphatic heterocycles. The van der Waals surface area contributed by atoms with Crippen LogP contribution in [0.5, 0.6) is 0 Å². The van der Waals surface area contributed by atoms with Crippen molar-refractivity contribution in [3.63, 3.8) is 0 Å². The van der Waals surface area contributed by atoms with E-state index in [1.165, 1.54) is 24.3 Å². The van der Waals surface area contributed by atoms with E-state index >= 15 is 0 Å². The van der Waals surface area contributed by atoms with Crippen LogP contribution < -0.4 is 4.72 Å². The Kier molecular flexibility index (Phi) is 6.58. The summed E-state index contributed by atoms with van der Waals surface area (Å²) in [5, 5.41) is 0. The topological polar surface area (TPSA) is 61.4 Å². The molecular weight excluding hydrogens is 355 g/mol. The summed E-state index contributed by atoms with van der Waals surface area (Å²) in [5.41, 5.74) is -0.677. The number of hydrogen-bond acceptors (Lipinski definition) is 4. The summed E-state index contributed by atoms with van der Waals surface area (Å²) < 4.78 is 58.6. The molecule has 0 amide bonds. The van der Waals surface area contributed by atoms with Gasteiger partial charge in [0.05, 0.1) is 5.56 Å². The first-order valence-corrected chi connectivity index (χ1v) is 8.84. The maximum Gasteiger partial charge on any atom is 0.412 e. The molecule has 25 heavy (non-hydrogen) atoms. The van der Waals surface area contributed by atoms with Crippen molar-refractivity contribution < 1.29 is 27.3 Å². The molecule has 1 aromatic carbocycles. The van der Waals surface area contributed by atoms with Crippen LogP contribution in [0.1, 0.15) is 63.5 Å². The number of ether oxygens (including phenoxy) is 1. The van der Waals surface area contributed by atoms with Gasteiger partial charge in [-0.2, -0.15) is 13.2 Å². The van der Waals surface area contributed by atoms with Crippen molar-refractivity contribution in [3.05, 3.63) is 35.4 Å². The summed E-state index contributed by atoms with van der Waals surface area (Å²) >= 11 is -1.90. The predicted molar refractivity (Wildman–Crippen MR) is 91.4 cm³/mol. The fraction of sp³-hybridized carbons (Fsp3) is 0.588. The van der Waals surface area contributed by atoms with E-state index in [-0.39, 0.29) is 11.1 Å². The normalized spacial score (nSPS) is 15.6. The summed E-state index contributed by atoms with van der Waals surface area (Å²) in [4.78, 5) is 11.9. The van der Waals surface area contributed by atoms with E-state index in [1.54, 1.807) is 41.5 Å². The monoisotopic (exact) mass is 379 g/mol. The first-order chi connectivity index (χ1) is 11.1. The molecule has 0 fully saturated rings. The third-order valence-corrected chi connectivity index (χ3v) is 4.55. The zero-order valence-corrected chi connectivity index (χ0v) is 16.0. The lowest BCUT2D eigenvalue weighted by Gasteiger charge is -2.29. The van der Waals surface area contributed by atoms with E-state index in [2.05, 4.69) is 4.72 Å². The number of carbonyl (C=O) groups excluding carboxylic acids is 1. The minimum Gasteiger partial charge on any atom is -0.598 e. The van der Waals surface area contributed by atoms with Gasteiger partial charge in [0, 0.05) is 11.4 Å². The number of halogens is 3. The largest absolute Gasteiger partial charge is 0.598 e. The number of alkyl halides is 3. The van der Waals surface area contributed by atoms with Gasteiger partial charge < -0.3 is 9.29 Å². The molecule has 142 valence electrons. The standard InChI is InChI=1S/C17H24F3NO3S/c1-15(2,3)24-14(22)12-9-7-11(8-10-12)13(17(18,19)20)21-25(23)16(4,5)6/h7-10,13,21H,1-6H3. The van der Waals surface area contributed by atoms with Crippen LogP contribution in [-0.2, 0) is 16.1 Å². The van der Waals surface area contributed by atoms with E-state index in [0.29, 0.717) is 0 Å². The van der Waals surface area contributed by atoms with Crippen molar-refractivity contribution in [3.8, 4) is 0 Å². The van der Waals surface area contributed by atoms with Gasteiger partial charge in [0.25, 0.3) is 0 Å². The maximum absolute atomic E-state index is 13.3. The Balaban J connectivity index is 3.04. The van der Waals surface area contributed by atoms with E-state index in [1.807, 2.05) is 0 Å². The minimum atomic E-state index is -4.63. The van der Waals surface area contributed by atoms with Crippen LogP contribution in [0.3, 0.4) is 0 Å². The van der Waals surface area contributed by atoms with Crippen LogP contribution in [0.4, 0.5) is 13.2 Å². The van der Waals surface area contributed by atoms with Gasteiger partial charge in [-0.25, -0.2) is 4.79 Å². The van der Waals surface area contributed by atoms with Gasteiger partial charge in [0.1, 0.15) is 10.3 Å². The highest BCUT2D eigenvalue weighted by molar-refractivity contribution is 7.90. The molecule has 0 radical (unpaired) electrons. The van der Waals surface area contributed by atoms with E-state index in [4.69, 9.17) is 4.74 Å². The lowest BCUT2D eigenvalue weighted by atomic mass is 10.0. The fourth-order valence-electron chi connectivity index (χ4n) is 1.76. The average molecular weight is 379 g/mol. The third-order valence-electron chi connectivity index (χ3n) is 2.99. The third kappa shape index (κ3) is 6.87. The number of carbonyl (C=O) groups is 1. The highest BCUT2D eigenvalue weighted by Crippen LogP contribution is 2.34. The Hall–Kier alpha value is -1.25. The van der Waals surface area contributed by atoms with Crippen molar-refractivity contribution in [2.45, 2.75) is 64.1 Å². The smallest absolute Gasteiger partial charge is 0.412 e. The molecule has 1 N–H and O–H groups in total. The molecule has 0 bridgehead atoms. The van der Waals surface area contributed by atoms with Crippen LogP contribution in [0.2, 0.25) is 0 Å². The van der Waals surface area contributed by atoms with E-state index in [0.717, 1.165) is 0 Å². The molecule has 0 saturated heterocycles. The van der Waals surface area contributed by atoms with Gasteiger partial charge in [-0.15, -0.1) is 4.72 Å². The van der Waals surface area contributed by atoms with Crippen molar-refractivity contribution in [1.82, 2.24) is 4.72 Å². The Bertz CT molecular complexity index is 589. The number of hydrogen-bond donors (Lipinski definition) is 1. The molecule has 1 rings (SSSR count). The summed E-state index contributed by atoms with van der Waals surface area (Å²) in [7, 11) is 0. The molecule has 0 aliphatic carbocycles. The molecule has 1 aromatic rings. The fourth-order valence-corrected chi connectivity index (χ4v) is 2.59. The van der Waals surface area contributed by atoms with Crippen LogP contribution in [-0.4, -0.2) is 27.0 Å². The molecule has 8 heteroatoms. The van der Waals surface area contributed by atoms with E-state index in [9.17, 15) is 22.5 Å². The first-order valence-electron chi connectivity index (χ1n) is 7.69. The van der Waals surface area contributed by atoms with Gasteiger partial charge in [-0.05, 0) is 59.2 Å². The molecule has 2 unspecified atom stereocenters. The summed E-state index contributed by atoms with van der Waals surface area (Å²) in [6, 6.07) is 2.81. The summed E-state index contributed by atoms with van der Waals surface area (Å²) in [6.45, 7) is 9.83. The zero-order valence-electron chi connectivity index (χ0n) is 15.2. The molecule has 0 aliphatic rings. The van der Waals surface area contributed by atoms with Crippen molar-refractivity contribution in [2.24, 2.45) is 0 Å². The SMILES string of the molecule is CC(C)(C)OC(=O)c1ccc(C(N[S+]([O-])C(C)(C)C)C(F)(F)F)cc1. The van der Waals surface area contributed by atoms with Gasteiger partial charge in [-0.1, -0.05) is 12.1 Å². The Morgan fingerprint density at radius 3 is 1.92 bits per heavy atom. The van der Waals surface area contributed by atoms with Crippen molar-refractivity contribution in [1.29, 1.82) is 0 Å². The number of benzene rings is 1. The number of rotatable bonds is 4. The Morgan fingerprint density at radius 1 is 1.08 bits per heavy atom. The molecule has 2 atom stereocenters. The Morgan fingerprint density at radius 2 is 1.56 bits per heavy atom. The highest BCUT2D eigenvalue weighted by Gasteiger charge is 2.45. The molecule has 0 aromatic heterocycles. The number of nitrogens with one attached hydrogen (secondary N) is 1. The van der Waals surface area contributed by atoms with Gasteiger partial charge in [0.15, 0.2) is 6.04 Å². The second-order valence-corrected chi connectivity index (χ2v) is 9.60. The predicted octanol–water partition coefficient (Wildman–Crippen LogP) is 4.30. The second kappa shape index (κ2) is 7.55. The van der Waals surface area contributed by atoms with E-state index < -0.39 is 39.9 Å². The molecule has 0 heterocycles. The van der Waals surface area contributed by atoms with Crippen LogP contribution >= 0.6 is 0 Å². The quantitative estimate of drug-likeness (QED) is 0.626. The van der Waals surface area contributed by atoms with Crippen molar-refractivity contribution in [2.75, 3.05) is 0 Å². The Labute approximate surface area is 149 Å².